The summed E-state index contributed by atoms with van der Waals surface area (Å²) in [6.07, 6.45) is 4.69. The summed E-state index contributed by atoms with van der Waals surface area (Å²) in [5.41, 5.74) is 6.46. The highest BCUT2D eigenvalue weighted by Gasteiger charge is 2.08. The molecule has 1 aliphatic carbocycles. The van der Waals surface area contributed by atoms with Gasteiger partial charge in [0.25, 0.3) is 0 Å². The molecule has 102 valence electrons. The van der Waals surface area contributed by atoms with Crippen LogP contribution in [0.5, 0.6) is 0 Å². The van der Waals surface area contributed by atoms with E-state index in [-0.39, 0.29) is 0 Å². The third-order valence-electron chi connectivity index (χ3n) is 3.33. The van der Waals surface area contributed by atoms with Gasteiger partial charge >= 0.3 is 0 Å². The molecular weight excluding hydrogens is 254 g/mol. The minimum atomic E-state index is 0.549. The van der Waals surface area contributed by atoms with Crippen molar-refractivity contribution in [3.05, 3.63) is 29.8 Å². The molecule has 0 radical (unpaired) electrons. The van der Waals surface area contributed by atoms with Crippen molar-refractivity contribution in [2.75, 3.05) is 5.32 Å². The molecule has 1 aliphatic rings. The first-order chi connectivity index (χ1) is 9.15. The van der Waals surface area contributed by atoms with E-state index in [1.807, 2.05) is 12.1 Å². The van der Waals surface area contributed by atoms with E-state index in [1.165, 1.54) is 24.1 Å². The molecule has 0 amide bonds. The van der Waals surface area contributed by atoms with Gasteiger partial charge in [0.15, 0.2) is 5.11 Å². The number of hydrogen-bond donors (Lipinski definition) is 2. The van der Waals surface area contributed by atoms with Crippen LogP contribution in [0.3, 0.4) is 0 Å². The molecule has 2 N–H and O–H groups in total. The van der Waals surface area contributed by atoms with Gasteiger partial charge in [-0.15, -0.1) is 0 Å². The predicted octanol–water partition coefficient (Wildman–Crippen LogP) is 4.03. The Balaban J connectivity index is 1.86. The van der Waals surface area contributed by atoms with Gasteiger partial charge in [-0.25, -0.2) is 0 Å². The van der Waals surface area contributed by atoms with Crippen molar-refractivity contribution in [3.63, 3.8) is 0 Å². The predicted molar refractivity (Wildman–Crippen MR) is 85.8 cm³/mol. The van der Waals surface area contributed by atoms with Crippen LogP contribution in [0.2, 0.25) is 0 Å². The van der Waals surface area contributed by atoms with E-state index in [0.717, 1.165) is 18.5 Å². The lowest BCUT2D eigenvalue weighted by Crippen LogP contribution is -2.24. The van der Waals surface area contributed by atoms with Gasteiger partial charge in [0.2, 0.25) is 0 Å². The smallest absolute Gasteiger partial charge is 0.191 e. The Morgan fingerprint density at radius 3 is 2.37 bits per heavy atom. The molecule has 0 heterocycles. The number of rotatable bonds is 3. The van der Waals surface area contributed by atoms with Gasteiger partial charge in [-0.2, -0.15) is 5.10 Å². The van der Waals surface area contributed by atoms with Gasteiger partial charge in [-0.1, -0.05) is 26.0 Å². The van der Waals surface area contributed by atoms with E-state index in [9.17, 15) is 0 Å². The third-order valence-corrected chi connectivity index (χ3v) is 3.52. The normalized spacial score (nSPS) is 14.6. The zero-order valence-electron chi connectivity index (χ0n) is 11.6. The van der Waals surface area contributed by atoms with Crippen LogP contribution in [0.4, 0.5) is 5.69 Å². The molecule has 1 aromatic rings. The van der Waals surface area contributed by atoms with E-state index >= 15 is 0 Å². The van der Waals surface area contributed by atoms with Gasteiger partial charge in [-0.3, -0.25) is 5.43 Å². The Bertz CT molecular complexity index is 455. The Morgan fingerprint density at radius 2 is 1.79 bits per heavy atom. The largest absolute Gasteiger partial charge is 0.331 e. The van der Waals surface area contributed by atoms with Gasteiger partial charge in [0.1, 0.15) is 0 Å². The number of thiocarbonyl (C=S) groups is 1. The van der Waals surface area contributed by atoms with Crippen molar-refractivity contribution in [2.24, 2.45) is 5.10 Å². The molecule has 3 nitrogen and oxygen atoms in total. The minimum Gasteiger partial charge on any atom is -0.331 e. The van der Waals surface area contributed by atoms with Crippen molar-refractivity contribution in [3.8, 4) is 0 Å². The highest BCUT2D eigenvalue weighted by molar-refractivity contribution is 7.80. The quantitative estimate of drug-likeness (QED) is 0.646. The van der Waals surface area contributed by atoms with Crippen molar-refractivity contribution in [1.82, 2.24) is 5.43 Å². The van der Waals surface area contributed by atoms with Crippen LogP contribution in [0.1, 0.15) is 51.0 Å². The summed E-state index contributed by atoms with van der Waals surface area (Å²) in [4.78, 5) is 0. The monoisotopic (exact) mass is 275 g/mol. The van der Waals surface area contributed by atoms with Gasteiger partial charge < -0.3 is 5.32 Å². The number of hydrogen-bond acceptors (Lipinski definition) is 2. The van der Waals surface area contributed by atoms with Crippen LogP contribution in [-0.4, -0.2) is 10.8 Å². The molecule has 0 spiro atoms. The molecule has 0 saturated heterocycles. The maximum Gasteiger partial charge on any atom is 0.191 e. The molecule has 0 unspecified atom stereocenters. The summed E-state index contributed by atoms with van der Waals surface area (Å²) in [5.74, 6) is 0.549. The molecule has 0 aromatic heterocycles. The standard InChI is InChI=1S/C15H21N3S/c1-11(2)12-7-9-13(10-8-12)16-15(19)18-17-14-5-3-4-6-14/h7-11H,3-6H2,1-2H3,(H2,16,18,19). The van der Waals surface area contributed by atoms with Crippen LogP contribution >= 0.6 is 12.2 Å². The Kier molecular flexibility index (Phi) is 4.91. The highest BCUT2D eigenvalue weighted by atomic mass is 32.1. The number of hydrazone groups is 1. The first kappa shape index (κ1) is 14.0. The van der Waals surface area contributed by atoms with Gasteiger partial charge in [0, 0.05) is 11.4 Å². The van der Waals surface area contributed by atoms with E-state index < -0.39 is 0 Å². The van der Waals surface area contributed by atoms with E-state index in [0.29, 0.717) is 11.0 Å². The second-order valence-corrected chi connectivity index (χ2v) is 5.64. The van der Waals surface area contributed by atoms with Crippen LogP contribution < -0.4 is 10.7 Å². The summed E-state index contributed by atoms with van der Waals surface area (Å²) in [7, 11) is 0. The van der Waals surface area contributed by atoms with Gasteiger partial charge in [0.05, 0.1) is 0 Å². The first-order valence-corrected chi connectivity index (χ1v) is 7.28. The maximum absolute atomic E-state index is 5.23. The number of anilines is 1. The summed E-state index contributed by atoms with van der Waals surface area (Å²) in [6.45, 7) is 4.37. The van der Waals surface area contributed by atoms with E-state index in [1.54, 1.807) is 0 Å². The Labute approximate surface area is 120 Å². The average Bonchev–Trinajstić information content (AvgIpc) is 2.90. The molecule has 0 bridgehead atoms. The van der Waals surface area contributed by atoms with Crippen molar-refractivity contribution in [2.45, 2.75) is 45.4 Å². The Hall–Kier alpha value is -1.42. The van der Waals surface area contributed by atoms with E-state index in [4.69, 9.17) is 12.2 Å². The topological polar surface area (TPSA) is 36.4 Å². The third kappa shape index (κ3) is 4.31. The molecule has 0 aliphatic heterocycles. The molecule has 1 saturated carbocycles. The summed E-state index contributed by atoms with van der Waals surface area (Å²) >= 11 is 5.23. The van der Waals surface area contributed by atoms with E-state index in [2.05, 4.69) is 41.8 Å². The van der Waals surface area contributed by atoms with Gasteiger partial charge in [-0.05, 0) is 61.5 Å². The zero-order chi connectivity index (χ0) is 13.7. The van der Waals surface area contributed by atoms with Crippen molar-refractivity contribution >= 4 is 28.7 Å². The molecule has 1 aromatic carbocycles. The van der Waals surface area contributed by atoms with Crippen LogP contribution in [-0.2, 0) is 0 Å². The van der Waals surface area contributed by atoms with Crippen molar-refractivity contribution < 1.29 is 0 Å². The number of nitrogens with zero attached hydrogens (tertiary/aromatic N) is 1. The lowest BCUT2D eigenvalue weighted by Gasteiger charge is -2.10. The molecule has 0 atom stereocenters. The molecule has 1 fully saturated rings. The second-order valence-electron chi connectivity index (χ2n) is 5.23. The lowest BCUT2D eigenvalue weighted by atomic mass is 10.0. The van der Waals surface area contributed by atoms with Crippen molar-refractivity contribution in [1.29, 1.82) is 0 Å². The fourth-order valence-electron chi connectivity index (χ4n) is 2.14. The molecule has 2 rings (SSSR count). The highest BCUT2D eigenvalue weighted by Crippen LogP contribution is 2.17. The van der Waals surface area contributed by atoms with Crippen LogP contribution in [0.25, 0.3) is 0 Å². The summed E-state index contributed by atoms with van der Waals surface area (Å²) < 4.78 is 0. The van der Waals surface area contributed by atoms with Crippen LogP contribution in [0, 0.1) is 0 Å². The summed E-state index contributed by atoms with van der Waals surface area (Å²) in [5, 5.41) is 8.03. The minimum absolute atomic E-state index is 0.549. The Morgan fingerprint density at radius 1 is 1.16 bits per heavy atom. The summed E-state index contributed by atoms with van der Waals surface area (Å²) in [6, 6.07) is 8.34. The maximum atomic E-state index is 5.23. The first-order valence-electron chi connectivity index (χ1n) is 6.87. The number of nitrogens with one attached hydrogen (secondary N) is 2. The number of benzene rings is 1. The SMILES string of the molecule is CC(C)c1ccc(NC(=S)NN=C2CCCC2)cc1. The fraction of sp³-hybridized carbons (Fsp3) is 0.467. The molecule has 19 heavy (non-hydrogen) atoms. The lowest BCUT2D eigenvalue weighted by molar-refractivity contribution is 0.867. The second kappa shape index (κ2) is 6.66. The average molecular weight is 275 g/mol. The molecule has 4 heteroatoms. The fourth-order valence-corrected chi connectivity index (χ4v) is 2.30. The molecular formula is C15H21N3S. The zero-order valence-corrected chi connectivity index (χ0v) is 12.4. The van der Waals surface area contributed by atoms with Crippen LogP contribution in [0.15, 0.2) is 29.4 Å².